The van der Waals surface area contributed by atoms with Crippen molar-refractivity contribution >= 4 is 27.5 Å². The van der Waals surface area contributed by atoms with Gasteiger partial charge in [0.05, 0.1) is 4.47 Å². The van der Waals surface area contributed by atoms with Crippen molar-refractivity contribution in [1.82, 2.24) is 14.6 Å². The highest BCUT2D eigenvalue weighted by atomic mass is 79.9. The molecule has 0 fully saturated rings. The summed E-state index contributed by atoms with van der Waals surface area (Å²) in [6.45, 7) is 5.19. The van der Waals surface area contributed by atoms with Crippen molar-refractivity contribution in [2.75, 3.05) is 11.9 Å². The lowest BCUT2D eigenvalue weighted by molar-refractivity contribution is 0.684. The fourth-order valence-corrected chi connectivity index (χ4v) is 1.67. The van der Waals surface area contributed by atoms with Gasteiger partial charge in [0.2, 0.25) is 5.95 Å². The average Bonchev–Trinajstić information content (AvgIpc) is 2.59. The molecule has 0 amide bonds. The van der Waals surface area contributed by atoms with E-state index in [0.717, 1.165) is 16.7 Å². The lowest BCUT2D eigenvalue weighted by atomic mass is 10.2. The molecular formula is C10H13BrN4. The zero-order chi connectivity index (χ0) is 10.8. The maximum atomic E-state index is 4.38. The van der Waals surface area contributed by atoms with Crippen LogP contribution in [0.4, 0.5) is 5.95 Å². The first-order valence-corrected chi connectivity index (χ1v) is 5.71. The molecule has 0 aromatic carbocycles. The number of aromatic nitrogens is 3. The Morgan fingerprint density at radius 2 is 2.33 bits per heavy atom. The van der Waals surface area contributed by atoms with Gasteiger partial charge in [-0.05, 0) is 34.0 Å². The van der Waals surface area contributed by atoms with E-state index in [-0.39, 0.29) is 0 Å². The molecule has 0 bridgehead atoms. The Morgan fingerprint density at radius 3 is 3.00 bits per heavy atom. The molecule has 1 N–H and O–H groups in total. The van der Waals surface area contributed by atoms with Gasteiger partial charge in [-0.1, -0.05) is 13.8 Å². The number of halogens is 1. The van der Waals surface area contributed by atoms with Gasteiger partial charge in [-0.15, -0.1) is 5.10 Å². The molecule has 0 saturated heterocycles. The highest BCUT2D eigenvalue weighted by molar-refractivity contribution is 9.10. The zero-order valence-corrected chi connectivity index (χ0v) is 10.3. The normalized spacial score (nSPS) is 11.2. The number of hydrogen-bond acceptors (Lipinski definition) is 3. The first kappa shape index (κ1) is 10.4. The minimum absolute atomic E-state index is 0.583. The van der Waals surface area contributed by atoms with E-state index in [4.69, 9.17) is 0 Å². The average molecular weight is 269 g/mol. The Kier molecular flexibility index (Phi) is 2.90. The summed E-state index contributed by atoms with van der Waals surface area (Å²) >= 11 is 3.44. The molecule has 5 heteroatoms. The molecule has 0 atom stereocenters. The van der Waals surface area contributed by atoms with Crippen LogP contribution in [0, 0.1) is 5.92 Å². The molecule has 0 aliphatic heterocycles. The van der Waals surface area contributed by atoms with Crippen molar-refractivity contribution in [1.29, 1.82) is 0 Å². The van der Waals surface area contributed by atoms with Crippen molar-refractivity contribution in [2.45, 2.75) is 13.8 Å². The van der Waals surface area contributed by atoms with Crippen LogP contribution in [0.15, 0.2) is 22.8 Å². The topological polar surface area (TPSA) is 42.2 Å². The first-order valence-electron chi connectivity index (χ1n) is 4.91. The van der Waals surface area contributed by atoms with Gasteiger partial charge in [0, 0.05) is 12.7 Å². The molecule has 0 saturated carbocycles. The molecular weight excluding hydrogens is 256 g/mol. The van der Waals surface area contributed by atoms with Crippen molar-refractivity contribution < 1.29 is 0 Å². The molecule has 0 radical (unpaired) electrons. The van der Waals surface area contributed by atoms with E-state index in [1.807, 2.05) is 18.3 Å². The highest BCUT2D eigenvalue weighted by Crippen LogP contribution is 2.16. The predicted molar refractivity (Wildman–Crippen MR) is 64.0 cm³/mol. The zero-order valence-electron chi connectivity index (χ0n) is 8.74. The van der Waals surface area contributed by atoms with Crippen LogP contribution in [0.5, 0.6) is 0 Å². The molecule has 2 aromatic rings. The molecule has 2 rings (SSSR count). The maximum absolute atomic E-state index is 4.38. The molecule has 0 aliphatic rings. The number of fused-ring (bicyclic) bond motifs is 1. The van der Waals surface area contributed by atoms with Crippen molar-refractivity contribution in [2.24, 2.45) is 5.92 Å². The molecule has 2 aromatic heterocycles. The summed E-state index contributed by atoms with van der Waals surface area (Å²) in [5.74, 6) is 1.26. The summed E-state index contributed by atoms with van der Waals surface area (Å²) in [7, 11) is 0. The van der Waals surface area contributed by atoms with Crippen LogP contribution in [0.2, 0.25) is 0 Å². The lowest BCUT2D eigenvalue weighted by Gasteiger charge is -2.03. The molecule has 4 nitrogen and oxygen atoms in total. The van der Waals surface area contributed by atoms with Crippen LogP contribution in [0.1, 0.15) is 13.8 Å². The number of pyridine rings is 1. The van der Waals surface area contributed by atoms with Crippen molar-refractivity contribution in [3.63, 3.8) is 0 Å². The van der Waals surface area contributed by atoms with Crippen molar-refractivity contribution in [3.05, 3.63) is 22.8 Å². The number of anilines is 1. The first-order chi connectivity index (χ1) is 7.16. The Morgan fingerprint density at radius 1 is 1.53 bits per heavy atom. The fraction of sp³-hybridized carbons (Fsp3) is 0.400. The Bertz CT molecular complexity index is 463. The second-order valence-electron chi connectivity index (χ2n) is 3.83. The van der Waals surface area contributed by atoms with Gasteiger partial charge in [0.15, 0.2) is 5.65 Å². The van der Waals surface area contributed by atoms with Crippen LogP contribution in [0.3, 0.4) is 0 Å². The van der Waals surface area contributed by atoms with Gasteiger partial charge in [-0.3, -0.25) is 0 Å². The minimum Gasteiger partial charge on any atom is -0.353 e. The predicted octanol–water partition coefficient (Wildman–Crippen LogP) is 2.56. The number of nitrogens with zero attached hydrogens (tertiary/aromatic N) is 3. The quantitative estimate of drug-likeness (QED) is 0.931. The van der Waals surface area contributed by atoms with Gasteiger partial charge < -0.3 is 5.32 Å². The van der Waals surface area contributed by atoms with Gasteiger partial charge in [0.25, 0.3) is 0 Å². The van der Waals surface area contributed by atoms with Gasteiger partial charge in [-0.2, -0.15) is 4.98 Å². The molecule has 2 heterocycles. The Balaban J connectivity index is 2.27. The summed E-state index contributed by atoms with van der Waals surface area (Å²) in [6, 6.07) is 3.88. The number of hydrogen-bond donors (Lipinski definition) is 1. The van der Waals surface area contributed by atoms with Gasteiger partial charge >= 0.3 is 0 Å². The molecule has 0 unspecified atom stereocenters. The Hall–Kier alpha value is -1.10. The largest absolute Gasteiger partial charge is 0.353 e. The van der Waals surface area contributed by atoms with Crippen LogP contribution in [-0.2, 0) is 0 Å². The molecule has 80 valence electrons. The second kappa shape index (κ2) is 4.18. The fourth-order valence-electron chi connectivity index (χ4n) is 1.24. The number of rotatable bonds is 3. The summed E-state index contributed by atoms with van der Waals surface area (Å²) in [6.07, 6.45) is 1.88. The van der Waals surface area contributed by atoms with E-state index in [0.29, 0.717) is 11.9 Å². The summed E-state index contributed by atoms with van der Waals surface area (Å²) in [5.41, 5.74) is 0.837. The van der Waals surface area contributed by atoms with E-state index in [1.165, 1.54) is 0 Å². The maximum Gasteiger partial charge on any atom is 0.243 e. The van der Waals surface area contributed by atoms with E-state index in [2.05, 4.69) is 45.2 Å². The lowest BCUT2D eigenvalue weighted by Crippen LogP contribution is -2.09. The van der Waals surface area contributed by atoms with E-state index in [1.54, 1.807) is 4.52 Å². The van der Waals surface area contributed by atoms with Crippen molar-refractivity contribution in [3.8, 4) is 0 Å². The third-order valence-electron chi connectivity index (χ3n) is 1.98. The smallest absolute Gasteiger partial charge is 0.243 e. The number of nitrogens with one attached hydrogen (secondary N) is 1. The molecule has 0 spiro atoms. The van der Waals surface area contributed by atoms with E-state index >= 15 is 0 Å². The SMILES string of the molecule is CC(C)CNc1nc2c(Br)cccn2n1. The summed E-state index contributed by atoms with van der Waals surface area (Å²) in [4.78, 5) is 4.38. The van der Waals surface area contributed by atoms with Crippen LogP contribution in [0.25, 0.3) is 5.65 Å². The third-order valence-corrected chi connectivity index (χ3v) is 2.60. The molecule has 15 heavy (non-hydrogen) atoms. The third kappa shape index (κ3) is 2.28. The molecule has 0 aliphatic carbocycles. The monoisotopic (exact) mass is 268 g/mol. The standard InChI is InChI=1S/C10H13BrN4/c1-7(2)6-12-10-13-9-8(11)4-3-5-15(9)14-10/h3-5,7H,6H2,1-2H3,(H,12,14). The van der Waals surface area contributed by atoms with Gasteiger partial charge in [-0.25, -0.2) is 4.52 Å². The summed E-state index contributed by atoms with van der Waals surface area (Å²) in [5, 5.41) is 7.51. The van der Waals surface area contributed by atoms with Crippen LogP contribution >= 0.6 is 15.9 Å². The second-order valence-corrected chi connectivity index (χ2v) is 4.69. The minimum atomic E-state index is 0.583. The van der Waals surface area contributed by atoms with E-state index < -0.39 is 0 Å². The summed E-state index contributed by atoms with van der Waals surface area (Å²) < 4.78 is 2.71. The van der Waals surface area contributed by atoms with Gasteiger partial charge in [0.1, 0.15) is 0 Å². The highest BCUT2D eigenvalue weighted by Gasteiger charge is 2.05. The van der Waals surface area contributed by atoms with Crippen LogP contribution < -0.4 is 5.32 Å². The van der Waals surface area contributed by atoms with Crippen LogP contribution in [-0.4, -0.2) is 21.1 Å². The van der Waals surface area contributed by atoms with E-state index in [9.17, 15) is 0 Å². The Labute approximate surface area is 96.8 Å².